The first-order chi connectivity index (χ1) is 13.1. The van der Waals surface area contributed by atoms with Crippen molar-refractivity contribution in [2.75, 3.05) is 26.1 Å². The number of benzene rings is 2. The molecule has 0 spiro atoms. The van der Waals surface area contributed by atoms with E-state index in [1.165, 1.54) is 0 Å². The predicted molar refractivity (Wildman–Crippen MR) is 103 cm³/mol. The number of fused-ring (bicyclic) bond motifs is 1. The number of anilines is 1. The lowest BCUT2D eigenvalue weighted by molar-refractivity contribution is -0.135. The molecule has 0 fully saturated rings. The maximum Gasteiger partial charge on any atom is 0.231 e. The van der Waals surface area contributed by atoms with Crippen LogP contribution in [-0.4, -0.2) is 37.5 Å². The summed E-state index contributed by atoms with van der Waals surface area (Å²) in [6, 6.07) is 13.1. The number of carbonyl (C=O) groups excluding carboxylic acids is 2. The summed E-state index contributed by atoms with van der Waals surface area (Å²) in [6.45, 7) is 2.93. The van der Waals surface area contributed by atoms with Crippen molar-refractivity contribution in [1.82, 2.24) is 4.90 Å². The van der Waals surface area contributed by atoms with Crippen molar-refractivity contribution in [3.8, 4) is 11.5 Å². The summed E-state index contributed by atoms with van der Waals surface area (Å²) >= 11 is 0. The number of methoxy groups -OCH3 is 2. The lowest BCUT2D eigenvalue weighted by Crippen LogP contribution is -2.38. The van der Waals surface area contributed by atoms with Crippen molar-refractivity contribution in [3.05, 3.63) is 53.6 Å². The van der Waals surface area contributed by atoms with E-state index >= 15 is 0 Å². The van der Waals surface area contributed by atoms with Crippen LogP contribution in [0.4, 0.5) is 5.69 Å². The van der Waals surface area contributed by atoms with Gasteiger partial charge in [0, 0.05) is 25.2 Å². The van der Waals surface area contributed by atoms with Gasteiger partial charge in [0.05, 0.1) is 20.1 Å². The van der Waals surface area contributed by atoms with Crippen molar-refractivity contribution in [2.24, 2.45) is 0 Å². The average Bonchev–Trinajstić information content (AvgIpc) is 2.70. The molecule has 0 aromatic heterocycles. The molecule has 1 heterocycles. The normalized spacial score (nSPS) is 15.5. The summed E-state index contributed by atoms with van der Waals surface area (Å²) in [5, 5.41) is 2.84. The molecular weight excluding hydrogens is 344 g/mol. The molecule has 0 saturated carbocycles. The zero-order chi connectivity index (χ0) is 19.4. The third kappa shape index (κ3) is 3.89. The zero-order valence-electron chi connectivity index (χ0n) is 15.8. The first kappa shape index (κ1) is 18.8. The minimum Gasteiger partial charge on any atom is -0.493 e. The number of para-hydroxylation sites is 1. The van der Waals surface area contributed by atoms with E-state index < -0.39 is 5.92 Å². The van der Waals surface area contributed by atoms with Gasteiger partial charge in [-0.25, -0.2) is 0 Å². The summed E-state index contributed by atoms with van der Waals surface area (Å²) in [5.41, 5.74) is 2.53. The molecule has 1 unspecified atom stereocenters. The SMILES string of the molecule is CCN(Cc1ccc(OC)c(OC)c1)C(=O)C1CC(=O)Nc2ccccc21. The highest BCUT2D eigenvalue weighted by Crippen LogP contribution is 2.34. The van der Waals surface area contributed by atoms with Gasteiger partial charge < -0.3 is 19.7 Å². The minimum absolute atomic E-state index is 0.0467. The van der Waals surface area contributed by atoms with Crippen molar-refractivity contribution < 1.29 is 19.1 Å². The molecule has 0 radical (unpaired) electrons. The van der Waals surface area contributed by atoms with Crippen molar-refractivity contribution in [3.63, 3.8) is 0 Å². The molecule has 27 heavy (non-hydrogen) atoms. The Morgan fingerprint density at radius 2 is 1.89 bits per heavy atom. The van der Waals surface area contributed by atoms with E-state index in [9.17, 15) is 9.59 Å². The Balaban J connectivity index is 1.84. The Morgan fingerprint density at radius 3 is 2.59 bits per heavy atom. The number of carbonyl (C=O) groups is 2. The van der Waals surface area contributed by atoms with Crippen LogP contribution >= 0.6 is 0 Å². The van der Waals surface area contributed by atoms with Gasteiger partial charge in [-0.1, -0.05) is 24.3 Å². The Morgan fingerprint density at radius 1 is 1.15 bits per heavy atom. The topological polar surface area (TPSA) is 67.9 Å². The van der Waals surface area contributed by atoms with Gasteiger partial charge in [0.2, 0.25) is 11.8 Å². The summed E-state index contributed by atoms with van der Waals surface area (Å²) < 4.78 is 10.6. The molecule has 2 aromatic rings. The molecule has 6 heteroatoms. The summed E-state index contributed by atoms with van der Waals surface area (Å²) in [4.78, 5) is 27.0. The monoisotopic (exact) mass is 368 g/mol. The number of likely N-dealkylation sites (N-methyl/N-ethyl adjacent to an activating group) is 1. The second-order valence-corrected chi connectivity index (χ2v) is 6.43. The number of ether oxygens (including phenoxy) is 2. The molecule has 1 aliphatic heterocycles. The lowest BCUT2D eigenvalue weighted by Gasteiger charge is -2.30. The van der Waals surface area contributed by atoms with Crippen LogP contribution in [-0.2, 0) is 16.1 Å². The van der Waals surface area contributed by atoms with Crippen LogP contribution in [0.25, 0.3) is 0 Å². The quantitative estimate of drug-likeness (QED) is 0.850. The van der Waals surface area contributed by atoms with Gasteiger partial charge in [-0.2, -0.15) is 0 Å². The van der Waals surface area contributed by atoms with Crippen molar-refractivity contribution in [1.29, 1.82) is 0 Å². The molecule has 2 amide bonds. The van der Waals surface area contributed by atoms with E-state index in [0.717, 1.165) is 11.1 Å². The molecule has 142 valence electrons. The van der Waals surface area contributed by atoms with Crippen LogP contribution in [0.2, 0.25) is 0 Å². The molecular formula is C21H24N2O4. The highest BCUT2D eigenvalue weighted by atomic mass is 16.5. The number of amides is 2. The third-order valence-electron chi connectivity index (χ3n) is 4.81. The number of nitrogens with zero attached hydrogens (tertiary/aromatic N) is 1. The largest absolute Gasteiger partial charge is 0.493 e. The Bertz CT molecular complexity index is 850. The van der Waals surface area contributed by atoms with E-state index in [0.29, 0.717) is 30.3 Å². The predicted octanol–water partition coefficient (Wildman–Crippen LogP) is 3.18. The van der Waals surface area contributed by atoms with Gasteiger partial charge in [0.15, 0.2) is 11.5 Å². The van der Waals surface area contributed by atoms with E-state index in [4.69, 9.17) is 9.47 Å². The number of nitrogens with one attached hydrogen (secondary N) is 1. The molecule has 6 nitrogen and oxygen atoms in total. The molecule has 0 aliphatic carbocycles. The van der Waals surface area contributed by atoms with Crippen LogP contribution in [0, 0.1) is 0 Å². The van der Waals surface area contributed by atoms with E-state index in [1.54, 1.807) is 19.1 Å². The fourth-order valence-electron chi connectivity index (χ4n) is 3.40. The summed E-state index contributed by atoms with van der Waals surface area (Å²) in [5.74, 6) is 0.633. The summed E-state index contributed by atoms with van der Waals surface area (Å²) in [7, 11) is 3.17. The van der Waals surface area contributed by atoms with E-state index in [1.807, 2.05) is 49.4 Å². The maximum absolute atomic E-state index is 13.2. The average molecular weight is 368 g/mol. The van der Waals surface area contributed by atoms with E-state index in [-0.39, 0.29) is 18.2 Å². The van der Waals surface area contributed by atoms with Gasteiger partial charge in [0.25, 0.3) is 0 Å². The van der Waals surface area contributed by atoms with Crippen LogP contribution in [0.3, 0.4) is 0 Å². The van der Waals surface area contributed by atoms with Gasteiger partial charge in [-0.3, -0.25) is 9.59 Å². The third-order valence-corrected chi connectivity index (χ3v) is 4.81. The number of rotatable bonds is 6. The molecule has 0 saturated heterocycles. The maximum atomic E-state index is 13.2. The van der Waals surface area contributed by atoms with Crippen LogP contribution < -0.4 is 14.8 Å². The van der Waals surface area contributed by atoms with Gasteiger partial charge in [-0.05, 0) is 36.2 Å². The van der Waals surface area contributed by atoms with Gasteiger partial charge in [-0.15, -0.1) is 0 Å². The number of hydrogen-bond acceptors (Lipinski definition) is 4. The first-order valence-corrected chi connectivity index (χ1v) is 8.95. The molecule has 1 N–H and O–H groups in total. The summed E-state index contributed by atoms with van der Waals surface area (Å²) in [6.07, 6.45) is 0.165. The molecule has 0 bridgehead atoms. The molecule has 1 aliphatic rings. The van der Waals surface area contributed by atoms with Gasteiger partial charge in [0.1, 0.15) is 0 Å². The van der Waals surface area contributed by atoms with Crippen molar-refractivity contribution in [2.45, 2.75) is 25.8 Å². The van der Waals surface area contributed by atoms with Crippen LogP contribution in [0.15, 0.2) is 42.5 Å². The smallest absolute Gasteiger partial charge is 0.231 e. The lowest BCUT2D eigenvalue weighted by atomic mass is 9.89. The Labute approximate surface area is 159 Å². The highest BCUT2D eigenvalue weighted by Gasteiger charge is 2.33. The van der Waals surface area contributed by atoms with E-state index in [2.05, 4.69) is 5.32 Å². The molecule has 3 rings (SSSR count). The highest BCUT2D eigenvalue weighted by molar-refractivity contribution is 6.01. The first-order valence-electron chi connectivity index (χ1n) is 8.95. The van der Waals surface area contributed by atoms with Crippen LogP contribution in [0.1, 0.15) is 30.4 Å². The second kappa shape index (κ2) is 8.12. The molecule has 1 atom stereocenters. The fraction of sp³-hybridized carbons (Fsp3) is 0.333. The Hall–Kier alpha value is -3.02. The van der Waals surface area contributed by atoms with Crippen molar-refractivity contribution >= 4 is 17.5 Å². The number of hydrogen-bond donors (Lipinski definition) is 1. The second-order valence-electron chi connectivity index (χ2n) is 6.43. The molecule has 2 aromatic carbocycles. The van der Waals surface area contributed by atoms with Gasteiger partial charge >= 0.3 is 0 Å². The fourth-order valence-corrected chi connectivity index (χ4v) is 3.40. The standard InChI is InChI=1S/C21H24N2O4/c1-4-23(13-14-9-10-18(26-2)19(11-14)27-3)21(25)16-12-20(24)22-17-8-6-5-7-15(16)17/h5-11,16H,4,12-13H2,1-3H3,(H,22,24). The Kier molecular flexibility index (Phi) is 5.64. The minimum atomic E-state index is -0.463. The van der Waals surface area contributed by atoms with Crippen LogP contribution in [0.5, 0.6) is 11.5 Å². The zero-order valence-corrected chi connectivity index (χ0v) is 15.8.